The molecule has 2 radical (unpaired) electrons. The number of rotatable bonds is 8. The van der Waals surface area contributed by atoms with Crippen molar-refractivity contribution in [2.24, 2.45) is 10.7 Å². The number of aromatic nitrogens is 1. The lowest BCUT2D eigenvalue weighted by atomic mass is 10.0. The number of nitrogens with two attached hydrogens (primary N) is 1. The van der Waals surface area contributed by atoms with Gasteiger partial charge in [-0.3, -0.25) is 19.6 Å². The van der Waals surface area contributed by atoms with Gasteiger partial charge in [0, 0.05) is 46.8 Å². The molecule has 6 N–H and O–H groups in total. The van der Waals surface area contributed by atoms with Gasteiger partial charge in [0.15, 0.2) is 13.7 Å². The van der Waals surface area contributed by atoms with Crippen LogP contribution in [0.15, 0.2) is 53.4 Å². The lowest BCUT2D eigenvalue weighted by molar-refractivity contribution is -0.119. The third-order valence-corrected chi connectivity index (χ3v) is 5.38. The zero-order valence-electron chi connectivity index (χ0n) is 22.3. The topological polar surface area (TPSA) is 159 Å². The number of nitrogens with one attached hydrogen (secondary N) is 2. The van der Waals surface area contributed by atoms with Gasteiger partial charge in [-0.05, 0) is 52.0 Å². The van der Waals surface area contributed by atoms with Gasteiger partial charge in [-0.1, -0.05) is 0 Å². The Balaban J connectivity index is 1.88. The Hall–Kier alpha value is -4.36. The first-order valence-corrected chi connectivity index (χ1v) is 11.9. The fourth-order valence-electron chi connectivity index (χ4n) is 3.47. The normalized spacial score (nSPS) is 12.6. The first-order valence-electron chi connectivity index (χ1n) is 11.9. The minimum absolute atomic E-state index is 0.0165. The van der Waals surface area contributed by atoms with E-state index >= 15 is 8.78 Å². The van der Waals surface area contributed by atoms with Gasteiger partial charge in [-0.25, -0.2) is 8.78 Å². The lowest BCUT2D eigenvalue weighted by Gasteiger charge is -2.18. The number of carbonyl (C=O) groups excluding carboxylic acids is 2. The highest BCUT2D eigenvalue weighted by Crippen LogP contribution is 2.34. The maximum atomic E-state index is 15.3. The highest BCUT2D eigenvalue weighted by molar-refractivity contribution is 6.15. The summed E-state index contributed by atoms with van der Waals surface area (Å²) in [5.74, 6) is -6.61. The molecule has 0 atom stereocenters. The SMILES string of the molecule is [B]C(O)(O)NC(=O)c1ccc2nccc(Oc3cc(F)c(CC(=O)N/C(C=NC(C)(C)C)=C/N)c(F)c3C)c2c1. The Morgan fingerprint density at radius 1 is 1.18 bits per heavy atom. The van der Waals surface area contributed by atoms with Crippen LogP contribution in [0.5, 0.6) is 11.5 Å². The molecule has 0 aliphatic heterocycles. The van der Waals surface area contributed by atoms with Crippen molar-refractivity contribution < 1.29 is 33.3 Å². The molecule has 2 amide bonds. The summed E-state index contributed by atoms with van der Waals surface area (Å²) in [6.45, 7) is 6.90. The fraction of sp³-hybridized carbons (Fsp3) is 0.259. The summed E-state index contributed by atoms with van der Waals surface area (Å²) >= 11 is 0. The van der Waals surface area contributed by atoms with E-state index in [0.29, 0.717) is 5.52 Å². The van der Waals surface area contributed by atoms with Crippen LogP contribution in [0.4, 0.5) is 8.78 Å². The summed E-state index contributed by atoms with van der Waals surface area (Å²) in [6, 6.07) is 6.54. The number of fused-ring (bicyclic) bond motifs is 1. The molecule has 0 saturated heterocycles. The maximum absolute atomic E-state index is 15.3. The van der Waals surface area contributed by atoms with Gasteiger partial charge in [-0.15, -0.1) is 0 Å². The number of pyridine rings is 1. The van der Waals surface area contributed by atoms with Crippen LogP contribution in [-0.4, -0.2) is 52.4 Å². The second kappa shape index (κ2) is 11.8. The van der Waals surface area contributed by atoms with Crippen molar-refractivity contribution in [3.05, 3.63) is 76.8 Å². The number of benzene rings is 2. The number of ether oxygens (including phenoxy) is 1. The van der Waals surface area contributed by atoms with E-state index in [-0.39, 0.29) is 33.7 Å². The number of amides is 2. The molecule has 0 spiro atoms. The standard InChI is InChI=1S/C27H28BF2N5O5/c1-14-22(11-19(29)17(24(14)30)10-23(36)34-16(12-31)13-33-26(2,3)4)40-21-7-8-32-20-6-5-15(9-18(20)21)25(37)35-27(28,38)39/h5-9,11-13,38-39H,10,31H2,1-4H3,(H,34,36)(H,35,37)/b16-12+,33-13?. The van der Waals surface area contributed by atoms with Gasteiger partial charge in [-0.2, -0.15) is 0 Å². The van der Waals surface area contributed by atoms with Crippen LogP contribution in [0.2, 0.25) is 0 Å². The summed E-state index contributed by atoms with van der Waals surface area (Å²) in [6.07, 6.45) is 3.27. The summed E-state index contributed by atoms with van der Waals surface area (Å²) < 4.78 is 36.1. The Morgan fingerprint density at radius 3 is 2.50 bits per heavy atom. The van der Waals surface area contributed by atoms with Gasteiger partial charge >= 0.3 is 0 Å². The first-order chi connectivity index (χ1) is 18.6. The second-order valence-electron chi connectivity index (χ2n) is 9.87. The minimum atomic E-state index is -2.94. The number of aliphatic imine (C=N–C) groups is 1. The molecule has 40 heavy (non-hydrogen) atoms. The summed E-state index contributed by atoms with van der Waals surface area (Å²) in [7, 11) is 5.00. The molecule has 208 valence electrons. The van der Waals surface area contributed by atoms with E-state index in [2.05, 4.69) is 15.3 Å². The molecule has 0 bridgehead atoms. The molecular formula is C27H28BF2N5O5. The molecule has 3 rings (SSSR count). The molecule has 0 saturated carbocycles. The van der Waals surface area contributed by atoms with E-state index in [0.717, 1.165) is 12.3 Å². The molecule has 10 nitrogen and oxygen atoms in total. The molecule has 0 aliphatic rings. The Morgan fingerprint density at radius 2 is 1.88 bits per heavy atom. The minimum Gasteiger partial charge on any atom is -0.456 e. The molecule has 2 aromatic carbocycles. The van der Waals surface area contributed by atoms with Crippen molar-refractivity contribution in [1.82, 2.24) is 15.6 Å². The second-order valence-corrected chi connectivity index (χ2v) is 9.87. The van der Waals surface area contributed by atoms with E-state index in [4.69, 9.17) is 18.3 Å². The van der Waals surface area contributed by atoms with Crippen molar-refractivity contribution in [2.45, 2.75) is 45.5 Å². The highest BCUT2D eigenvalue weighted by atomic mass is 19.1. The van der Waals surface area contributed by atoms with Crippen LogP contribution in [0.1, 0.15) is 42.3 Å². The third kappa shape index (κ3) is 7.84. The fourth-order valence-corrected chi connectivity index (χ4v) is 3.47. The molecule has 1 heterocycles. The van der Waals surface area contributed by atoms with E-state index in [9.17, 15) is 19.8 Å². The largest absolute Gasteiger partial charge is 0.456 e. The summed E-state index contributed by atoms with van der Waals surface area (Å²) in [4.78, 5) is 33.2. The quantitative estimate of drug-likeness (QED) is 0.163. The Kier molecular flexibility index (Phi) is 8.91. The molecular weight excluding hydrogens is 523 g/mol. The predicted molar refractivity (Wildman–Crippen MR) is 146 cm³/mol. The molecule has 0 unspecified atom stereocenters. The average molecular weight is 551 g/mol. The molecule has 13 heteroatoms. The number of hydrogen-bond donors (Lipinski definition) is 5. The average Bonchev–Trinajstić information content (AvgIpc) is 2.85. The number of hydrogen-bond acceptors (Lipinski definition) is 8. The lowest BCUT2D eigenvalue weighted by Crippen LogP contribution is -2.48. The van der Waals surface area contributed by atoms with Crippen LogP contribution in [0, 0.1) is 18.6 Å². The monoisotopic (exact) mass is 551 g/mol. The van der Waals surface area contributed by atoms with E-state index in [1.165, 1.54) is 43.6 Å². The van der Waals surface area contributed by atoms with Gasteiger partial charge in [0.2, 0.25) is 5.91 Å². The number of halogens is 2. The molecule has 1 aromatic heterocycles. The maximum Gasteiger partial charge on any atom is 0.254 e. The Labute approximate surface area is 230 Å². The van der Waals surface area contributed by atoms with E-state index in [1.807, 2.05) is 20.8 Å². The summed E-state index contributed by atoms with van der Waals surface area (Å²) in [5, 5.41) is 23.0. The third-order valence-electron chi connectivity index (χ3n) is 5.38. The number of aliphatic hydroxyl groups is 2. The van der Waals surface area contributed by atoms with Crippen molar-refractivity contribution in [3.8, 4) is 11.5 Å². The van der Waals surface area contributed by atoms with Crippen LogP contribution >= 0.6 is 0 Å². The van der Waals surface area contributed by atoms with Crippen molar-refractivity contribution in [1.29, 1.82) is 0 Å². The predicted octanol–water partition coefficient (Wildman–Crippen LogP) is 2.44. The van der Waals surface area contributed by atoms with Crippen molar-refractivity contribution in [2.75, 3.05) is 0 Å². The van der Waals surface area contributed by atoms with Crippen LogP contribution in [0.25, 0.3) is 10.9 Å². The zero-order valence-corrected chi connectivity index (χ0v) is 22.3. The molecule has 0 aliphatic carbocycles. The smallest absolute Gasteiger partial charge is 0.254 e. The van der Waals surface area contributed by atoms with Crippen LogP contribution in [0.3, 0.4) is 0 Å². The van der Waals surface area contributed by atoms with E-state index in [1.54, 1.807) is 5.32 Å². The van der Waals surface area contributed by atoms with Gasteiger partial charge in [0.05, 0.1) is 23.2 Å². The van der Waals surface area contributed by atoms with Gasteiger partial charge in [0.25, 0.3) is 5.91 Å². The van der Waals surface area contributed by atoms with Gasteiger partial charge in [0.1, 0.15) is 23.1 Å². The first kappa shape index (κ1) is 30.2. The number of carbonyl (C=O) groups is 2. The molecule has 3 aromatic rings. The van der Waals surface area contributed by atoms with Gasteiger partial charge < -0.3 is 31.3 Å². The Bertz CT molecular complexity index is 1510. The van der Waals surface area contributed by atoms with Crippen LogP contribution in [-0.2, 0) is 11.2 Å². The zero-order chi connectivity index (χ0) is 29.8. The summed E-state index contributed by atoms with van der Waals surface area (Å²) in [5.41, 5.74) is 5.10. The van der Waals surface area contributed by atoms with Crippen molar-refractivity contribution >= 4 is 36.8 Å². The van der Waals surface area contributed by atoms with Crippen LogP contribution < -0.4 is 21.1 Å². The van der Waals surface area contributed by atoms with Crippen molar-refractivity contribution in [3.63, 3.8) is 0 Å². The van der Waals surface area contributed by atoms with E-state index < -0.39 is 46.8 Å². The molecule has 0 fully saturated rings. The highest BCUT2D eigenvalue weighted by Gasteiger charge is 2.22. The number of nitrogens with zero attached hydrogens (tertiary/aromatic N) is 2. The number of allylic oxidation sites excluding steroid dienone is 1.